The van der Waals surface area contributed by atoms with Crippen LogP contribution >= 0.6 is 0 Å². The van der Waals surface area contributed by atoms with Gasteiger partial charge in [0.15, 0.2) is 11.3 Å². The van der Waals surface area contributed by atoms with Crippen LogP contribution in [-0.4, -0.2) is 37.0 Å². The first-order valence-corrected chi connectivity index (χ1v) is 7.93. The third kappa shape index (κ3) is 2.91. The standard InChI is InChI=1S/C16H16F3N5O2/c1-4-23-9(3)10(7-20-23)12-6-13(16(17,18)19)24-14(22-12)11(8-21-24)15(25)26-5-2/h6-8H,4-5H2,1-3H3. The summed E-state index contributed by atoms with van der Waals surface area (Å²) in [6, 6.07) is 0.902. The van der Waals surface area contributed by atoms with Crippen molar-refractivity contribution in [2.24, 2.45) is 0 Å². The van der Waals surface area contributed by atoms with Crippen LogP contribution in [0.1, 0.15) is 35.6 Å². The van der Waals surface area contributed by atoms with Gasteiger partial charge in [0, 0.05) is 17.8 Å². The van der Waals surface area contributed by atoms with E-state index in [1.807, 2.05) is 6.92 Å². The lowest BCUT2D eigenvalue weighted by atomic mass is 10.1. The summed E-state index contributed by atoms with van der Waals surface area (Å²) in [4.78, 5) is 16.3. The number of carbonyl (C=O) groups is 1. The Morgan fingerprint density at radius 1 is 1.23 bits per heavy atom. The molecule has 7 nitrogen and oxygen atoms in total. The molecule has 0 spiro atoms. The van der Waals surface area contributed by atoms with Crippen LogP contribution in [0.2, 0.25) is 0 Å². The number of hydrogen-bond acceptors (Lipinski definition) is 5. The first-order valence-electron chi connectivity index (χ1n) is 7.93. The van der Waals surface area contributed by atoms with Crippen molar-refractivity contribution < 1.29 is 22.7 Å². The Hall–Kier alpha value is -2.91. The summed E-state index contributed by atoms with van der Waals surface area (Å²) in [5.74, 6) is -0.777. The fourth-order valence-corrected chi connectivity index (χ4v) is 2.67. The van der Waals surface area contributed by atoms with E-state index in [-0.39, 0.29) is 23.5 Å². The van der Waals surface area contributed by atoms with E-state index in [9.17, 15) is 18.0 Å². The van der Waals surface area contributed by atoms with E-state index in [1.54, 1.807) is 18.5 Å². The van der Waals surface area contributed by atoms with Gasteiger partial charge in [0.05, 0.1) is 24.7 Å². The SMILES string of the molecule is CCOC(=O)c1cnn2c(C(F)(F)F)cc(-c3cnn(CC)c3C)nc12. The van der Waals surface area contributed by atoms with Gasteiger partial charge in [-0.25, -0.2) is 14.3 Å². The molecule has 0 aliphatic carbocycles. The van der Waals surface area contributed by atoms with E-state index in [0.717, 1.165) is 12.3 Å². The Kier molecular flexibility index (Phi) is 4.43. The van der Waals surface area contributed by atoms with E-state index < -0.39 is 17.8 Å². The zero-order valence-corrected chi connectivity index (χ0v) is 14.3. The van der Waals surface area contributed by atoms with E-state index in [2.05, 4.69) is 15.2 Å². The Bertz CT molecular complexity index is 974. The highest BCUT2D eigenvalue weighted by Gasteiger charge is 2.36. The van der Waals surface area contributed by atoms with Gasteiger partial charge in [-0.2, -0.15) is 23.4 Å². The number of rotatable bonds is 4. The number of alkyl halides is 3. The lowest BCUT2D eigenvalue weighted by molar-refractivity contribution is -0.142. The van der Waals surface area contributed by atoms with Crippen LogP contribution in [0, 0.1) is 6.92 Å². The molecule has 0 atom stereocenters. The molecule has 3 heterocycles. The molecule has 0 unspecified atom stereocenters. The Labute approximate surface area is 146 Å². The normalized spacial score (nSPS) is 11.9. The van der Waals surface area contributed by atoms with Crippen molar-refractivity contribution in [2.75, 3.05) is 6.61 Å². The van der Waals surface area contributed by atoms with E-state index >= 15 is 0 Å². The van der Waals surface area contributed by atoms with Crippen molar-refractivity contribution in [1.29, 1.82) is 0 Å². The molecule has 3 aromatic rings. The highest BCUT2D eigenvalue weighted by molar-refractivity contribution is 5.96. The number of fused-ring (bicyclic) bond motifs is 1. The molecule has 26 heavy (non-hydrogen) atoms. The molecule has 0 aromatic carbocycles. The molecule has 3 rings (SSSR count). The lowest BCUT2D eigenvalue weighted by Crippen LogP contribution is -2.14. The molecule has 3 aromatic heterocycles. The van der Waals surface area contributed by atoms with Crippen molar-refractivity contribution in [3.63, 3.8) is 0 Å². The van der Waals surface area contributed by atoms with Crippen molar-refractivity contribution in [2.45, 2.75) is 33.5 Å². The van der Waals surface area contributed by atoms with Gasteiger partial charge in [-0.15, -0.1) is 0 Å². The number of hydrogen-bond donors (Lipinski definition) is 0. The highest BCUT2D eigenvalue weighted by Crippen LogP contribution is 2.33. The zero-order chi connectivity index (χ0) is 19.1. The monoisotopic (exact) mass is 367 g/mol. The summed E-state index contributed by atoms with van der Waals surface area (Å²) in [5.41, 5.74) is -0.174. The Morgan fingerprint density at radius 2 is 1.96 bits per heavy atom. The molecular formula is C16H16F3N5O2. The maximum atomic E-state index is 13.5. The molecule has 0 aliphatic heterocycles. The average molecular weight is 367 g/mol. The van der Waals surface area contributed by atoms with Crippen molar-refractivity contribution in [1.82, 2.24) is 24.4 Å². The third-order valence-electron chi connectivity index (χ3n) is 3.94. The van der Waals surface area contributed by atoms with Crippen LogP contribution in [0.3, 0.4) is 0 Å². The first kappa shape index (κ1) is 17.9. The smallest absolute Gasteiger partial charge is 0.433 e. The molecule has 0 saturated carbocycles. The predicted octanol–water partition coefficient (Wildman–Crippen LogP) is 3.12. The molecule has 138 valence electrons. The first-order chi connectivity index (χ1) is 12.3. The van der Waals surface area contributed by atoms with Crippen molar-refractivity contribution in [3.05, 3.63) is 35.4 Å². The van der Waals surface area contributed by atoms with Crippen LogP contribution in [-0.2, 0) is 17.5 Å². The van der Waals surface area contributed by atoms with Gasteiger partial charge in [-0.1, -0.05) is 0 Å². The second kappa shape index (κ2) is 6.43. The zero-order valence-electron chi connectivity index (χ0n) is 14.3. The third-order valence-corrected chi connectivity index (χ3v) is 3.94. The maximum Gasteiger partial charge on any atom is 0.433 e. The summed E-state index contributed by atoms with van der Waals surface area (Å²) < 4.78 is 47.7. The van der Waals surface area contributed by atoms with Crippen molar-refractivity contribution in [3.8, 4) is 11.3 Å². The van der Waals surface area contributed by atoms with Crippen LogP contribution in [0.25, 0.3) is 16.9 Å². The number of aromatic nitrogens is 5. The number of carbonyl (C=O) groups excluding carboxylic acids is 1. The summed E-state index contributed by atoms with van der Waals surface area (Å²) >= 11 is 0. The second-order valence-corrected chi connectivity index (χ2v) is 5.50. The quantitative estimate of drug-likeness (QED) is 0.663. The minimum atomic E-state index is -4.68. The maximum absolute atomic E-state index is 13.5. The molecular weight excluding hydrogens is 351 g/mol. The molecule has 0 amide bonds. The van der Waals surface area contributed by atoms with E-state index in [0.29, 0.717) is 22.3 Å². The fraction of sp³-hybridized carbons (Fsp3) is 0.375. The molecule has 0 bridgehead atoms. The minimum Gasteiger partial charge on any atom is -0.462 e. The van der Waals surface area contributed by atoms with Crippen LogP contribution in [0.15, 0.2) is 18.5 Å². The van der Waals surface area contributed by atoms with E-state index in [1.165, 1.54) is 6.20 Å². The average Bonchev–Trinajstić information content (AvgIpc) is 3.16. The Balaban J connectivity index is 2.29. The Morgan fingerprint density at radius 3 is 2.54 bits per heavy atom. The van der Waals surface area contributed by atoms with Crippen molar-refractivity contribution >= 4 is 11.6 Å². The molecule has 0 radical (unpaired) electrons. The predicted molar refractivity (Wildman–Crippen MR) is 85.6 cm³/mol. The topological polar surface area (TPSA) is 74.3 Å². The van der Waals surface area contributed by atoms with Crippen LogP contribution in [0.4, 0.5) is 13.2 Å². The molecule has 10 heteroatoms. The summed E-state index contributed by atoms with van der Waals surface area (Å²) in [6.07, 6.45) is -2.19. The van der Waals surface area contributed by atoms with Gasteiger partial charge in [0.1, 0.15) is 5.56 Å². The van der Waals surface area contributed by atoms with Crippen LogP contribution < -0.4 is 0 Å². The number of ether oxygens (including phenoxy) is 1. The molecule has 0 aliphatic rings. The lowest BCUT2D eigenvalue weighted by Gasteiger charge is -2.11. The summed E-state index contributed by atoms with van der Waals surface area (Å²) in [5, 5.41) is 7.82. The van der Waals surface area contributed by atoms with Gasteiger partial charge in [-0.05, 0) is 26.8 Å². The molecule has 0 saturated heterocycles. The van der Waals surface area contributed by atoms with Gasteiger partial charge in [0.2, 0.25) is 0 Å². The minimum absolute atomic E-state index is 0.0630. The number of esters is 1. The van der Waals surface area contributed by atoms with Gasteiger partial charge >= 0.3 is 12.1 Å². The van der Waals surface area contributed by atoms with E-state index in [4.69, 9.17) is 4.74 Å². The number of nitrogens with zero attached hydrogens (tertiary/aromatic N) is 5. The molecule has 0 fully saturated rings. The molecule has 0 N–H and O–H groups in total. The van der Waals surface area contributed by atoms with Gasteiger partial charge in [0.25, 0.3) is 0 Å². The van der Waals surface area contributed by atoms with Gasteiger partial charge in [-0.3, -0.25) is 4.68 Å². The van der Waals surface area contributed by atoms with Crippen LogP contribution in [0.5, 0.6) is 0 Å². The second-order valence-electron chi connectivity index (χ2n) is 5.50. The summed E-state index contributed by atoms with van der Waals surface area (Å²) in [6.45, 7) is 5.88. The number of halogens is 3. The van der Waals surface area contributed by atoms with Gasteiger partial charge < -0.3 is 4.74 Å². The fourth-order valence-electron chi connectivity index (χ4n) is 2.67. The summed E-state index contributed by atoms with van der Waals surface area (Å²) in [7, 11) is 0. The number of aryl methyl sites for hydroxylation is 1. The largest absolute Gasteiger partial charge is 0.462 e. The highest BCUT2D eigenvalue weighted by atomic mass is 19.4.